The smallest absolute Gasteiger partial charge is 0.0708 e. The number of benzene rings is 5. The molecule has 0 saturated carbocycles. The summed E-state index contributed by atoms with van der Waals surface area (Å²) >= 11 is 1.91. The Labute approximate surface area is 233 Å². The topological polar surface area (TPSA) is 12.9 Å². The van der Waals surface area contributed by atoms with E-state index in [1.165, 1.54) is 55.0 Å². The van der Waals surface area contributed by atoms with Crippen molar-refractivity contribution in [3.8, 4) is 44.5 Å². The van der Waals surface area contributed by atoms with E-state index >= 15 is 0 Å². The van der Waals surface area contributed by atoms with Crippen LogP contribution in [0.4, 0.5) is 0 Å². The second kappa shape index (κ2) is 10.1. The molecule has 5 aromatic carbocycles. The van der Waals surface area contributed by atoms with E-state index in [1.807, 2.05) is 18.0 Å². The summed E-state index contributed by atoms with van der Waals surface area (Å²) in [6.07, 6.45) is 6.46. The minimum Gasteiger partial charge on any atom is -0.256 e. The van der Waals surface area contributed by atoms with Gasteiger partial charge in [-0.1, -0.05) is 121 Å². The summed E-state index contributed by atoms with van der Waals surface area (Å²) in [5.74, 6) is 1.03. The third-order valence-corrected chi connectivity index (χ3v) is 8.59. The second-order valence-electron chi connectivity index (χ2n) is 10.1. The van der Waals surface area contributed by atoms with Gasteiger partial charge in [-0.2, -0.15) is 0 Å². The van der Waals surface area contributed by atoms with E-state index < -0.39 is 0 Å². The van der Waals surface area contributed by atoms with Gasteiger partial charge in [-0.15, -0.1) is 11.8 Å². The summed E-state index contributed by atoms with van der Waals surface area (Å²) < 4.78 is 0. The predicted octanol–water partition coefficient (Wildman–Crippen LogP) is 10.3. The largest absolute Gasteiger partial charge is 0.256 e. The summed E-state index contributed by atoms with van der Waals surface area (Å²) in [5.41, 5.74) is 13.3. The number of aryl methyl sites for hydroxylation is 1. The van der Waals surface area contributed by atoms with Crippen LogP contribution in [0.2, 0.25) is 0 Å². The zero-order chi connectivity index (χ0) is 26.2. The van der Waals surface area contributed by atoms with Crippen LogP contribution in [0, 0.1) is 6.92 Å². The Bertz CT molecular complexity index is 1830. The number of thioether (sulfide) groups is 1. The molecule has 39 heavy (non-hydrogen) atoms. The Kier molecular flexibility index (Phi) is 6.11. The highest BCUT2D eigenvalue weighted by atomic mass is 32.2. The van der Waals surface area contributed by atoms with Crippen molar-refractivity contribution < 1.29 is 0 Å². The van der Waals surface area contributed by atoms with Crippen LogP contribution in [0.15, 0.2) is 132 Å². The molecule has 0 radical (unpaired) electrons. The van der Waals surface area contributed by atoms with Gasteiger partial charge in [-0.3, -0.25) is 4.98 Å². The summed E-state index contributed by atoms with van der Waals surface area (Å²) in [6, 6.07) is 41.8. The molecule has 1 aliphatic heterocycles. The molecule has 0 atom stereocenters. The third-order valence-electron chi connectivity index (χ3n) is 7.48. The first-order valence-corrected chi connectivity index (χ1v) is 14.3. The molecule has 0 unspecified atom stereocenters. The number of nitrogens with zero attached hydrogens (tertiary/aromatic N) is 1. The quantitative estimate of drug-likeness (QED) is 0.231. The minimum atomic E-state index is 1.01. The number of pyridine rings is 1. The zero-order valence-corrected chi connectivity index (χ0v) is 22.6. The molecule has 1 aliphatic rings. The van der Waals surface area contributed by atoms with Crippen molar-refractivity contribution in [2.45, 2.75) is 11.8 Å². The van der Waals surface area contributed by atoms with Crippen LogP contribution in [0.25, 0.3) is 61.5 Å². The van der Waals surface area contributed by atoms with Gasteiger partial charge in [0.2, 0.25) is 0 Å². The number of hydrogen-bond donors (Lipinski definition) is 0. The monoisotopic (exact) mass is 517 g/mol. The van der Waals surface area contributed by atoms with Crippen LogP contribution < -0.4 is 0 Å². The molecule has 2 heterocycles. The van der Waals surface area contributed by atoms with Crippen molar-refractivity contribution in [1.82, 2.24) is 4.98 Å². The summed E-state index contributed by atoms with van der Waals surface area (Å²) in [6.45, 7) is 2.12. The maximum absolute atomic E-state index is 4.84. The highest BCUT2D eigenvalue weighted by Gasteiger charge is 2.12. The van der Waals surface area contributed by atoms with Gasteiger partial charge >= 0.3 is 0 Å². The first-order valence-electron chi connectivity index (χ1n) is 13.3. The van der Waals surface area contributed by atoms with E-state index in [9.17, 15) is 0 Å². The molecule has 0 amide bonds. The molecule has 6 aromatic rings. The van der Waals surface area contributed by atoms with Gasteiger partial charge in [0.15, 0.2) is 0 Å². The van der Waals surface area contributed by atoms with Crippen molar-refractivity contribution in [3.63, 3.8) is 0 Å². The molecule has 1 nitrogen and oxygen atoms in total. The normalized spacial score (nSPS) is 12.4. The molecular weight excluding hydrogens is 490 g/mol. The lowest BCUT2D eigenvalue weighted by Gasteiger charge is -2.15. The van der Waals surface area contributed by atoms with Crippen LogP contribution in [-0.4, -0.2) is 10.7 Å². The van der Waals surface area contributed by atoms with Crippen molar-refractivity contribution in [2.24, 2.45) is 0 Å². The maximum atomic E-state index is 4.84. The predicted molar refractivity (Wildman–Crippen MR) is 168 cm³/mol. The van der Waals surface area contributed by atoms with E-state index in [-0.39, 0.29) is 0 Å². The van der Waals surface area contributed by atoms with E-state index in [0.29, 0.717) is 0 Å². The van der Waals surface area contributed by atoms with Crippen LogP contribution in [-0.2, 0) is 0 Å². The Morgan fingerprint density at radius 2 is 1.21 bits per heavy atom. The molecule has 0 aliphatic carbocycles. The molecule has 0 N–H and O–H groups in total. The number of fused-ring (bicyclic) bond motifs is 2. The fraction of sp³-hybridized carbons (Fsp3) is 0.0541. The Morgan fingerprint density at radius 1 is 0.590 bits per heavy atom. The van der Waals surface area contributed by atoms with Crippen molar-refractivity contribution in [1.29, 1.82) is 0 Å². The van der Waals surface area contributed by atoms with Gasteiger partial charge in [0.05, 0.1) is 5.52 Å². The fourth-order valence-electron chi connectivity index (χ4n) is 5.28. The lowest BCUT2D eigenvalue weighted by atomic mass is 9.97. The van der Waals surface area contributed by atoms with E-state index in [1.54, 1.807) is 0 Å². The fourth-order valence-corrected chi connectivity index (χ4v) is 6.29. The molecule has 0 spiro atoms. The van der Waals surface area contributed by atoms with Crippen LogP contribution >= 0.6 is 11.8 Å². The number of aromatic nitrogens is 1. The third kappa shape index (κ3) is 4.69. The van der Waals surface area contributed by atoms with Gasteiger partial charge in [0.25, 0.3) is 0 Å². The molecular formula is C37H27NS. The van der Waals surface area contributed by atoms with E-state index in [2.05, 4.69) is 134 Å². The molecule has 7 rings (SSSR count). The van der Waals surface area contributed by atoms with E-state index in [0.717, 1.165) is 22.2 Å². The minimum absolute atomic E-state index is 1.01. The number of hydrogen-bond acceptors (Lipinski definition) is 2. The number of rotatable bonds is 4. The molecule has 1 aromatic heterocycles. The van der Waals surface area contributed by atoms with Gasteiger partial charge < -0.3 is 0 Å². The first kappa shape index (κ1) is 23.7. The van der Waals surface area contributed by atoms with Gasteiger partial charge in [0, 0.05) is 27.8 Å². The van der Waals surface area contributed by atoms with Gasteiger partial charge in [0.1, 0.15) is 0 Å². The molecule has 186 valence electrons. The SMILES string of the molecule is Cc1ccc(-c2ccc(-c3ccc4cc(-c5ccc(-c6cccc7c6SCC=C7)cc5)cnc4c3)cc2)cc1. The summed E-state index contributed by atoms with van der Waals surface area (Å²) in [4.78, 5) is 6.22. The van der Waals surface area contributed by atoms with E-state index in [4.69, 9.17) is 4.98 Å². The Balaban J connectivity index is 1.14. The molecule has 0 bridgehead atoms. The maximum Gasteiger partial charge on any atom is 0.0708 e. The second-order valence-corrected chi connectivity index (χ2v) is 11.1. The first-order chi connectivity index (χ1) is 19.2. The van der Waals surface area contributed by atoms with Crippen LogP contribution in [0.1, 0.15) is 11.1 Å². The highest BCUT2D eigenvalue weighted by Crippen LogP contribution is 2.38. The Hall–Kier alpha value is -4.40. The molecule has 0 saturated heterocycles. The molecule has 0 fully saturated rings. The van der Waals surface area contributed by atoms with Crippen molar-refractivity contribution >= 4 is 28.7 Å². The molecule has 2 heteroatoms. The zero-order valence-electron chi connectivity index (χ0n) is 21.8. The van der Waals surface area contributed by atoms with Gasteiger partial charge in [-0.05, 0) is 63.6 Å². The summed E-state index contributed by atoms with van der Waals surface area (Å²) in [5, 5.41) is 1.15. The van der Waals surface area contributed by atoms with Gasteiger partial charge in [-0.25, -0.2) is 0 Å². The lowest BCUT2D eigenvalue weighted by Crippen LogP contribution is -1.91. The van der Waals surface area contributed by atoms with Crippen LogP contribution in [0.3, 0.4) is 0 Å². The lowest BCUT2D eigenvalue weighted by molar-refractivity contribution is 1.39. The highest BCUT2D eigenvalue weighted by molar-refractivity contribution is 7.99. The van der Waals surface area contributed by atoms with Crippen molar-refractivity contribution in [3.05, 3.63) is 139 Å². The van der Waals surface area contributed by atoms with Crippen LogP contribution in [0.5, 0.6) is 0 Å². The summed E-state index contributed by atoms with van der Waals surface area (Å²) in [7, 11) is 0. The average molecular weight is 518 g/mol. The average Bonchev–Trinajstić information content (AvgIpc) is 3.01. The standard InChI is InChI=1S/C37H27NS/c1-25-7-9-26(10-8-25)27-11-13-28(14-12-27)32-19-20-33-22-34(24-38-36(33)23-32)29-15-17-30(18-16-29)35-6-2-4-31-5-3-21-39-37(31)35/h2-20,22-24H,21H2,1H3. The van der Waals surface area contributed by atoms with Crippen molar-refractivity contribution in [2.75, 3.05) is 5.75 Å². The Morgan fingerprint density at radius 3 is 1.95 bits per heavy atom.